The van der Waals surface area contributed by atoms with Crippen molar-refractivity contribution in [2.75, 3.05) is 24.5 Å². The van der Waals surface area contributed by atoms with Crippen molar-refractivity contribution in [2.45, 2.75) is 9.79 Å². The predicted octanol–water partition coefficient (Wildman–Crippen LogP) is 22.3. The Labute approximate surface area is 616 Å². The Morgan fingerprint density at radius 1 is 0.229 bits per heavy atom. The molecule has 0 aliphatic carbocycles. The van der Waals surface area contributed by atoms with Gasteiger partial charge < -0.3 is 24.5 Å². The zero-order valence-corrected chi connectivity index (χ0v) is 57.9. The molecule has 5 nitrogen and oxygen atoms in total. The molecule has 0 spiro atoms. The number of hydrogen-bond acceptors (Lipinski definition) is 6. The Morgan fingerprint density at radius 3 is 1.04 bits per heavy atom. The third-order valence-corrected chi connectivity index (χ3v) is 22.4. The van der Waals surface area contributed by atoms with Gasteiger partial charge in [0, 0.05) is 83.2 Å². The van der Waals surface area contributed by atoms with Crippen LogP contribution in [-0.4, -0.2) is 13.4 Å². The van der Waals surface area contributed by atoms with Gasteiger partial charge in [-0.1, -0.05) is 302 Å². The standard InChI is InChI=1S/C96H64B2FN5S/c99-81-51-25-32-58-88(81)104-89-64-93-80(98-78-50-24-31-57-87(78)103(85-55-29-22-48-76(85)68-39-13-4-14-40-68)92-61-72(62-94(105-93)96(92)98)101(70-43-17-6-18-44-70)83-53-27-20-46-74(83)66-35-9-2-10-36-66)63-79(89)97-77-49-23-30-56-86(77)102(84-54-28-21-47-75(84)67-37-11-3-12-38-67)90-59-71(60-91(104)95(90)97)100(69-41-15-5-16-42-69)82-52-26-19-45-73(82)65-33-7-1-8-34-65/h1-64H. The van der Waals surface area contributed by atoms with Gasteiger partial charge in [-0.25, -0.2) is 4.39 Å². The highest BCUT2D eigenvalue weighted by atomic mass is 32.2. The van der Waals surface area contributed by atoms with E-state index in [-0.39, 0.29) is 19.2 Å². The summed E-state index contributed by atoms with van der Waals surface area (Å²) in [4.78, 5) is 14.4. The van der Waals surface area contributed by atoms with Crippen LogP contribution in [0, 0.1) is 5.82 Å². The molecule has 0 aromatic heterocycles. The Kier molecular flexibility index (Phi) is 15.2. The van der Waals surface area contributed by atoms with E-state index in [2.05, 4.69) is 388 Å². The van der Waals surface area contributed by atoms with Crippen LogP contribution in [0.15, 0.2) is 398 Å². The smallest absolute Gasteiger partial charge is 0.252 e. The van der Waals surface area contributed by atoms with E-state index in [4.69, 9.17) is 0 Å². The Bertz CT molecular complexity index is 6030. The molecule has 4 aliphatic rings. The highest BCUT2D eigenvalue weighted by Crippen LogP contribution is 2.54. The molecule has 0 unspecified atom stereocenters. The molecule has 9 heteroatoms. The molecule has 16 aromatic carbocycles. The van der Waals surface area contributed by atoms with Crippen LogP contribution in [0.5, 0.6) is 0 Å². The highest BCUT2D eigenvalue weighted by molar-refractivity contribution is 8.00. The fourth-order valence-corrected chi connectivity index (χ4v) is 18.1. The minimum absolute atomic E-state index is 0.230. The number of rotatable bonds is 13. The monoisotopic (exact) mass is 1360 g/mol. The molecule has 16 aromatic rings. The van der Waals surface area contributed by atoms with E-state index in [0.29, 0.717) is 5.69 Å². The van der Waals surface area contributed by atoms with E-state index < -0.39 is 0 Å². The first kappa shape index (κ1) is 61.8. The maximum absolute atomic E-state index is 18.2. The van der Waals surface area contributed by atoms with E-state index >= 15 is 4.39 Å². The van der Waals surface area contributed by atoms with Crippen molar-refractivity contribution in [1.29, 1.82) is 0 Å². The molecule has 0 atom stereocenters. The molecule has 0 radical (unpaired) electrons. The number of nitrogens with zero attached hydrogens (tertiary/aromatic N) is 5. The summed E-state index contributed by atoms with van der Waals surface area (Å²) in [5, 5.41) is 0. The summed E-state index contributed by atoms with van der Waals surface area (Å²) in [7, 11) is 0. The summed E-state index contributed by atoms with van der Waals surface area (Å²) in [6.07, 6.45) is 0. The second-order valence-corrected chi connectivity index (χ2v) is 28.2. The van der Waals surface area contributed by atoms with Gasteiger partial charge in [0.1, 0.15) is 5.82 Å². The van der Waals surface area contributed by atoms with Gasteiger partial charge in [0.05, 0.1) is 34.1 Å². The number of fused-ring (bicyclic) bond motifs is 8. The van der Waals surface area contributed by atoms with Crippen LogP contribution in [0.25, 0.3) is 44.5 Å². The molecule has 4 heterocycles. The molecule has 0 bridgehead atoms. The topological polar surface area (TPSA) is 16.2 Å². The van der Waals surface area contributed by atoms with Crippen LogP contribution in [0.3, 0.4) is 0 Å². The molecule has 4 aliphatic heterocycles. The van der Waals surface area contributed by atoms with Crippen molar-refractivity contribution in [1.82, 2.24) is 0 Å². The summed E-state index contributed by atoms with van der Waals surface area (Å²) in [6.45, 7) is -0.554. The Morgan fingerprint density at radius 2 is 0.571 bits per heavy atom. The molecule has 492 valence electrons. The molecule has 105 heavy (non-hydrogen) atoms. The van der Waals surface area contributed by atoms with Crippen molar-refractivity contribution < 1.29 is 4.39 Å². The maximum atomic E-state index is 18.2. The molecule has 20 rings (SSSR count). The minimum atomic E-state index is -0.323. The second-order valence-electron chi connectivity index (χ2n) is 27.1. The quantitative estimate of drug-likeness (QED) is 0.106. The number of hydrogen-bond donors (Lipinski definition) is 0. The van der Waals surface area contributed by atoms with Gasteiger partial charge in [0.15, 0.2) is 0 Å². The summed E-state index contributed by atoms with van der Waals surface area (Å²) in [5.74, 6) is -0.322. The SMILES string of the molecule is Fc1ccccc1N1c2cc3c(cc2B2c4ccccc4N(c4ccccc4-c4ccccc4)c4cc(N(c5ccccc5)c5ccccc5-c5ccccc5)cc1c42)B1c2ccccc2N(c2ccccc2-c2ccccc2)c2cc(N(c4ccccc4)c4ccccc4-c4ccccc4)cc(c21)S3. The van der Waals surface area contributed by atoms with Crippen LogP contribution in [0.1, 0.15) is 0 Å². The van der Waals surface area contributed by atoms with Crippen LogP contribution >= 0.6 is 11.8 Å². The average Bonchev–Trinajstić information content (AvgIpc) is 0.685. The van der Waals surface area contributed by atoms with Gasteiger partial charge in [0.25, 0.3) is 6.71 Å². The van der Waals surface area contributed by atoms with Crippen LogP contribution in [0.2, 0.25) is 0 Å². The fraction of sp³-hybridized carbons (Fsp3) is 0. The van der Waals surface area contributed by atoms with E-state index in [1.165, 1.54) is 16.4 Å². The molecule has 0 saturated carbocycles. The van der Waals surface area contributed by atoms with E-state index in [1.54, 1.807) is 6.07 Å². The summed E-state index contributed by atoms with van der Waals surface area (Å²) >= 11 is 1.82. The lowest BCUT2D eigenvalue weighted by molar-refractivity contribution is 0.629. The average molecular weight is 1360 g/mol. The van der Waals surface area contributed by atoms with Gasteiger partial charge in [-0.2, -0.15) is 0 Å². The number of para-hydroxylation sites is 9. The Balaban J connectivity index is 0.877. The van der Waals surface area contributed by atoms with Gasteiger partial charge in [-0.3, -0.25) is 0 Å². The van der Waals surface area contributed by atoms with Crippen LogP contribution in [-0.2, 0) is 0 Å². The van der Waals surface area contributed by atoms with Gasteiger partial charge in [0.2, 0.25) is 6.71 Å². The van der Waals surface area contributed by atoms with E-state index in [1.807, 2.05) is 30.0 Å². The first-order chi connectivity index (χ1) is 52.1. The van der Waals surface area contributed by atoms with Crippen molar-refractivity contribution in [3.63, 3.8) is 0 Å². The maximum Gasteiger partial charge on any atom is 0.252 e. The van der Waals surface area contributed by atoms with Gasteiger partial charge in [-0.05, 0) is 153 Å². The van der Waals surface area contributed by atoms with Crippen molar-refractivity contribution in [2.24, 2.45) is 0 Å². The van der Waals surface area contributed by atoms with E-state index in [9.17, 15) is 0 Å². The van der Waals surface area contributed by atoms with E-state index in [0.717, 1.165) is 150 Å². The van der Waals surface area contributed by atoms with Crippen molar-refractivity contribution >= 4 is 143 Å². The largest absolute Gasteiger partial charge is 0.311 e. The molecule has 0 fully saturated rings. The summed E-state index contributed by atoms with van der Waals surface area (Å²) < 4.78 is 18.2. The zero-order chi connectivity index (χ0) is 69.5. The van der Waals surface area contributed by atoms with Crippen molar-refractivity contribution in [3.05, 3.63) is 394 Å². The summed E-state index contributed by atoms with van der Waals surface area (Å²) in [6, 6.07) is 140. The third-order valence-electron chi connectivity index (χ3n) is 21.3. The fourth-order valence-electron chi connectivity index (χ4n) is 16.9. The first-order valence-electron chi connectivity index (χ1n) is 35.9. The second kappa shape index (κ2) is 25.8. The lowest BCUT2D eigenvalue weighted by Crippen LogP contribution is -2.64. The summed E-state index contributed by atoms with van der Waals surface area (Å²) in [5.41, 5.74) is 30.5. The number of anilines is 15. The Hall–Kier alpha value is -13.1. The molecule has 0 N–H and O–H groups in total. The van der Waals surface area contributed by atoms with Gasteiger partial charge in [-0.15, -0.1) is 0 Å². The molecular weight excluding hydrogens is 1300 g/mol. The zero-order valence-electron chi connectivity index (χ0n) is 57.1. The number of halogens is 1. The molecular formula is C96H64B2FN5S. The molecule has 0 amide bonds. The number of benzene rings is 16. The molecule has 0 saturated heterocycles. The highest BCUT2D eigenvalue weighted by Gasteiger charge is 2.48. The normalized spacial score (nSPS) is 12.7. The predicted molar refractivity (Wildman–Crippen MR) is 441 cm³/mol. The van der Waals surface area contributed by atoms with Crippen molar-refractivity contribution in [3.8, 4) is 44.5 Å². The van der Waals surface area contributed by atoms with Gasteiger partial charge >= 0.3 is 0 Å². The lowest BCUT2D eigenvalue weighted by Gasteiger charge is -2.46. The lowest BCUT2D eigenvalue weighted by atomic mass is 9.31. The van der Waals surface area contributed by atoms with Crippen LogP contribution in [0.4, 0.5) is 89.7 Å². The van der Waals surface area contributed by atoms with Crippen LogP contribution < -0.4 is 57.3 Å². The minimum Gasteiger partial charge on any atom is -0.311 e. The first-order valence-corrected chi connectivity index (χ1v) is 36.7. The third kappa shape index (κ3) is 10.3.